The lowest BCUT2D eigenvalue weighted by Crippen LogP contribution is -2.10. The number of aryl methyl sites for hydroxylation is 2. The molecule has 130 valence electrons. The summed E-state index contributed by atoms with van der Waals surface area (Å²) in [4.78, 5) is 23.7. The van der Waals surface area contributed by atoms with Crippen LogP contribution in [0.4, 0.5) is 5.69 Å². The fourth-order valence-electron chi connectivity index (χ4n) is 2.37. The van der Waals surface area contributed by atoms with Gasteiger partial charge in [-0.25, -0.2) is 4.79 Å². The molecule has 5 heteroatoms. The third-order valence-electron chi connectivity index (χ3n) is 3.70. The van der Waals surface area contributed by atoms with Crippen molar-refractivity contribution in [3.8, 4) is 5.75 Å². The monoisotopic (exact) mass is 339 g/mol. The van der Waals surface area contributed by atoms with E-state index in [0.29, 0.717) is 17.0 Å². The van der Waals surface area contributed by atoms with Gasteiger partial charge in [0, 0.05) is 17.3 Å². The van der Waals surface area contributed by atoms with Gasteiger partial charge in [0.1, 0.15) is 5.75 Å². The summed E-state index contributed by atoms with van der Waals surface area (Å²) in [5.41, 5.74) is 3.76. The predicted molar refractivity (Wildman–Crippen MR) is 97.9 cm³/mol. The molecule has 0 saturated heterocycles. The van der Waals surface area contributed by atoms with Gasteiger partial charge in [-0.05, 0) is 55.8 Å². The molecule has 25 heavy (non-hydrogen) atoms. The molecule has 0 spiro atoms. The number of esters is 1. The van der Waals surface area contributed by atoms with E-state index in [1.807, 2.05) is 32.0 Å². The first-order valence-electron chi connectivity index (χ1n) is 7.77. The molecule has 0 saturated carbocycles. The van der Waals surface area contributed by atoms with E-state index < -0.39 is 5.97 Å². The van der Waals surface area contributed by atoms with Crippen molar-refractivity contribution >= 4 is 23.6 Å². The minimum atomic E-state index is -0.410. The normalized spacial score (nSPS) is 10.6. The fourth-order valence-corrected chi connectivity index (χ4v) is 2.37. The summed E-state index contributed by atoms with van der Waals surface area (Å²) in [7, 11) is 2.92. The maximum absolute atomic E-state index is 12.2. The highest BCUT2D eigenvalue weighted by Crippen LogP contribution is 2.21. The molecule has 0 aliphatic rings. The molecule has 0 radical (unpaired) electrons. The summed E-state index contributed by atoms with van der Waals surface area (Å²) in [5.74, 6) is 0.0261. The Morgan fingerprint density at radius 2 is 1.80 bits per heavy atom. The van der Waals surface area contributed by atoms with E-state index in [-0.39, 0.29) is 5.91 Å². The maximum atomic E-state index is 12.2. The van der Waals surface area contributed by atoms with Crippen molar-refractivity contribution in [1.29, 1.82) is 0 Å². The topological polar surface area (TPSA) is 64.6 Å². The minimum absolute atomic E-state index is 0.266. The van der Waals surface area contributed by atoms with E-state index >= 15 is 0 Å². The Labute approximate surface area is 147 Å². The van der Waals surface area contributed by atoms with Crippen LogP contribution in [-0.2, 0) is 9.53 Å². The molecule has 2 aromatic carbocycles. The number of amides is 1. The maximum Gasteiger partial charge on any atom is 0.337 e. The van der Waals surface area contributed by atoms with Crippen LogP contribution in [0, 0.1) is 13.8 Å². The molecule has 0 bridgehead atoms. The van der Waals surface area contributed by atoms with Gasteiger partial charge in [-0.2, -0.15) is 0 Å². The summed E-state index contributed by atoms with van der Waals surface area (Å²) < 4.78 is 9.97. The molecule has 1 N–H and O–H groups in total. The van der Waals surface area contributed by atoms with Crippen LogP contribution in [0.3, 0.4) is 0 Å². The highest BCUT2D eigenvalue weighted by atomic mass is 16.5. The van der Waals surface area contributed by atoms with Crippen molar-refractivity contribution in [1.82, 2.24) is 0 Å². The van der Waals surface area contributed by atoms with Crippen LogP contribution in [-0.4, -0.2) is 26.1 Å². The van der Waals surface area contributed by atoms with Gasteiger partial charge in [-0.15, -0.1) is 0 Å². The van der Waals surface area contributed by atoms with Crippen LogP contribution in [0.1, 0.15) is 27.0 Å². The minimum Gasteiger partial charge on any atom is -0.496 e. The number of benzene rings is 2. The summed E-state index contributed by atoms with van der Waals surface area (Å²) >= 11 is 0. The molecular weight excluding hydrogens is 318 g/mol. The van der Waals surface area contributed by atoms with Crippen LogP contribution in [0.2, 0.25) is 0 Å². The van der Waals surface area contributed by atoms with E-state index in [9.17, 15) is 9.59 Å². The van der Waals surface area contributed by atoms with Crippen LogP contribution < -0.4 is 10.1 Å². The number of nitrogens with one attached hydrogen (secondary N) is 1. The van der Waals surface area contributed by atoms with E-state index in [2.05, 4.69) is 10.1 Å². The lowest BCUT2D eigenvalue weighted by Gasteiger charge is -2.08. The molecular formula is C20H21NO4. The van der Waals surface area contributed by atoms with Crippen molar-refractivity contribution in [3.05, 3.63) is 64.7 Å². The van der Waals surface area contributed by atoms with Gasteiger partial charge in [0.25, 0.3) is 0 Å². The van der Waals surface area contributed by atoms with Gasteiger partial charge in [0.2, 0.25) is 5.91 Å². The van der Waals surface area contributed by atoms with Crippen LogP contribution in [0.5, 0.6) is 5.75 Å². The van der Waals surface area contributed by atoms with E-state index in [1.54, 1.807) is 31.4 Å². The van der Waals surface area contributed by atoms with Gasteiger partial charge in [-0.3, -0.25) is 4.79 Å². The number of carbonyl (C=O) groups is 2. The first-order valence-corrected chi connectivity index (χ1v) is 7.77. The van der Waals surface area contributed by atoms with Crippen molar-refractivity contribution in [3.63, 3.8) is 0 Å². The Kier molecular flexibility index (Phi) is 5.95. The van der Waals surface area contributed by atoms with Crippen molar-refractivity contribution in [2.75, 3.05) is 19.5 Å². The third kappa shape index (κ3) is 4.70. The van der Waals surface area contributed by atoms with Crippen LogP contribution in [0.15, 0.2) is 42.5 Å². The zero-order valence-corrected chi connectivity index (χ0v) is 14.8. The Morgan fingerprint density at radius 1 is 1.04 bits per heavy atom. The summed E-state index contributed by atoms with van der Waals surface area (Å²) in [5, 5.41) is 2.80. The lowest BCUT2D eigenvalue weighted by atomic mass is 10.1. The van der Waals surface area contributed by atoms with E-state index in [4.69, 9.17) is 4.74 Å². The van der Waals surface area contributed by atoms with E-state index in [0.717, 1.165) is 16.7 Å². The molecule has 0 heterocycles. The molecule has 5 nitrogen and oxygen atoms in total. The average Bonchev–Trinajstić information content (AvgIpc) is 2.61. The number of rotatable bonds is 5. The van der Waals surface area contributed by atoms with Crippen molar-refractivity contribution < 1.29 is 19.1 Å². The second-order valence-corrected chi connectivity index (χ2v) is 5.59. The molecule has 1 amide bonds. The molecule has 0 atom stereocenters. The zero-order chi connectivity index (χ0) is 18.4. The van der Waals surface area contributed by atoms with Gasteiger partial charge in [0.15, 0.2) is 0 Å². The number of methoxy groups -OCH3 is 2. The molecule has 0 aromatic heterocycles. The Bertz CT molecular complexity index is 824. The molecule has 0 aliphatic heterocycles. The third-order valence-corrected chi connectivity index (χ3v) is 3.70. The largest absolute Gasteiger partial charge is 0.496 e. The SMILES string of the molecule is COC(=O)c1ccc(NC(=O)/C=C/c2cc(C)ccc2OC)c(C)c1. The van der Waals surface area contributed by atoms with Gasteiger partial charge in [-0.1, -0.05) is 11.6 Å². The predicted octanol–water partition coefficient (Wildman–Crippen LogP) is 3.75. The standard InChI is InChI=1S/C20H21NO4/c1-13-5-9-18(24-3)15(11-13)7-10-19(22)21-17-8-6-16(12-14(17)2)20(23)25-4/h5-12H,1-4H3,(H,21,22)/b10-7+. The number of hydrogen-bond donors (Lipinski definition) is 1. The molecule has 2 rings (SSSR count). The first kappa shape index (κ1) is 18.3. The smallest absolute Gasteiger partial charge is 0.337 e. The van der Waals surface area contributed by atoms with Crippen molar-refractivity contribution in [2.24, 2.45) is 0 Å². The number of hydrogen-bond acceptors (Lipinski definition) is 4. The number of ether oxygens (including phenoxy) is 2. The molecule has 2 aromatic rings. The molecule has 0 unspecified atom stereocenters. The molecule has 0 fully saturated rings. The number of carbonyl (C=O) groups excluding carboxylic acids is 2. The Balaban J connectivity index is 2.13. The van der Waals surface area contributed by atoms with E-state index in [1.165, 1.54) is 13.2 Å². The second kappa shape index (κ2) is 8.15. The highest BCUT2D eigenvalue weighted by Gasteiger charge is 2.09. The quantitative estimate of drug-likeness (QED) is 0.665. The van der Waals surface area contributed by atoms with Gasteiger partial charge in [0.05, 0.1) is 19.8 Å². The Morgan fingerprint density at radius 3 is 2.44 bits per heavy atom. The summed E-state index contributed by atoms with van der Waals surface area (Å²) in [6.45, 7) is 3.79. The second-order valence-electron chi connectivity index (χ2n) is 5.59. The zero-order valence-electron chi connectivity index (χ0n) is 14.8. The van der Waals surface area contributed by atoms with Gasteiger partial charge >= 0.3 is 5.97 Å². The Hall–Kier alpha value is -3.08. The van der Waals surface area contributed by atoms with Crippen LogP contribution >= 0.6 is 0 Å². The average molecular weight is 339 g/mol. The highest BCUT2D eigenvalue weighted by molar-refractivity contribution is 6.03. The molecule has 0 aliphatic carbocycles. The fraction of sp³-hybridized carbons (Fsp3) is 0.200. The lowest BCUT2D eigenvalue weighted by molar-refractivity contribution is -0.111. The van der Waals surface area contributed by atoms with Crippen LogP contribution in [0.25, 0.3) is 6.08 Å². The summed E-state index contributed by atoms with van der Waals surface area (Å²) in [6.07, 6.45) is 3.16. The van der Waals surface area contributed by atoms with Gasteiger partial charge < -0.3 is 14.8 Å². The van der Waals surface area contributed by atoms with Crippen molar-refractivity contribution in [2.45, 2.75) is 13.8 Å². The number of anilines is 1. The first-order chi connectivity index (χ1) is 11.9. The summed E-state index contributed by atoms with van der Waals surface area (Å²) in [6, 6.07) is 10.7.